The molecular formula is C22H21N3O4S. The van der Waals surface area contributed by atoms with Crippen molar-refractivity contribution in [2.75, 3.05) is 11.9 Å². The number of aryl methyl sites for hydroxylation is 2. The molecule has 2 amide bonds. The molecule has 3 aromatic rings. The molecule has 2 heterocycles. The van der Waals surface area contributed by atoms with Gasteiger partial charge >= 0.3 is 5.97 Å². The number of benzene rings is 1. The molecule has 1 aromatic carbocycles. The van der Waals surface area contributed by atoms with E-state index in [1.807, 2.05) is 42.1 Å². The summed E-state index contributed by atoms with van der Waals surface area (Å²) < 4.78 is 7.08. The van der Waals surface area contributed by atoms with Crippen LogP contribution in [0.4, 0.5) is 5.00 Å². The minimum atomic E-state index is -0.595. The summed E-state index contributed by atoms with van der Waals surface area (Å²) in [5.74, 6) is -1.66. The molecule has 0 fully saturated rings. The van der Waals surface area contributed by atoms with Crippen molar-refractivity contribution >= 4 is 34.1 Å². The summed E-state index contributed by atoms with van der Waals surface area (Å²) in [5, 5.41) is 3.10. The van der Waals surface area contributed by atoms with Crippen molar-refractivity contribution in [1.29, 1.82) is 0 Å². The van der Waals surface area contributed by atoms with Crippen LogP contribution in [0, 0.1) is 6.92 Å². The normalized spacial score (nSPS) is 12.4. The summed E-state index contributed by atoms with van der Waals surface area (Å²) >= 11 is 1.36. The van der Waals surface area contributed by atoms with Crippen LogP contribution in [-0.2, 0) is 22.4 Å². The number of aromatic nitrogens is 1. The molecule has 154 valence electrons. The SMILES string of the molecule is Cc1ccc(C(=O)OCC(=O)Nc2sc3c(c2C(N)=O)CCC3)cc1-n1cccc1. The molecule has 0 aliphatic heterocycles. The molecule has 1 aliphatic carbocycles. The maximum atomic E-state index is 12.4. The molecule has 0 saturated heterocycles. The van der Waals surface area contributed by atoms with Crippen molar-refractivity contribution in [3.05, 3.63) is 69.9 Å². The first kappa shape index (κ1) is 19.9. The third-order valence-corrected chi connectivity index (χ3v) is 6.29. The van der Waals surface area contributed by atoms with Crippen molar-refractivity contribution < 1.29 is 19.1 Å². The Kier molecular flexibility index (Phi) is 5.41. The van der Waals surface area contributed by atoms with Crippen LogP contribution in [-0.4, -0.2) is 29.0 Å². The molecular weight excluding hydrogens is 402 g/mol. The molecule has 0 atom stereocenters. The second-order valence-corrected chi connectivity index (χ2v) is 8.25. The lowest BCUT2D eigenvalue weighted by atomic mass is 10.1. The van der Waals surface area contributed by atoms with Crippen molar-refractivity contribution in [2.24, 2.45) is 5.73 Å². The fraction of sp³-hybridized carbons (Fsp3) is 0.227. The fourth-order valence-electron chi connectivity index (χ4n) is 3.64. The van der Waals surface area contributed by atoms with Gasteiger partial charge in [0, 0.05) is 23.0 Å². The number of nitrogens with one attached hydrogen (secondary N) is 1. The molecule has 7 nitrogen and oxygen atoms in total. The maximum Gasteiger partial charge on any atom is 0.338 e. The zero-order valence-electron chi connectivity index (χ0n) is 16.4. The van der Waals surface area contributed by atoms with E-state index in [-0.39, 0.29) is 0 Å². The van der Waals surface area contributed by atoms with Crippen LogP contribution >= 0.6 is 11.3 Å². The number of thiophene rings is 1. The summed E-state index contributed by atoms with van der Waals surface area (Å²) in [6, 6.07) is 9.02. The second kappa shape index (κ2) is 8.16. The standard InChI is InChI=1S/C22H21N3O4S/c1-13-7-8-14(11-16(13)25-9-2-3-10-25)22(28)29-12-18(26)24-21-19(20(23)27)15-5-4-6-17(15)30-21/h2-3,7-11H,4-6,12H2,1H3,(H2,23,27)(H,24,26). The quantitative estimate of drug-likeness (QED) is 0.594. The zero-order chi connectivity index (χ0) is 21.3. The highest BCUT2D eigenvalue weighted by Crippen LogP contribution is 2.38. The summed E-state index contributed by atoms with van der Waals surface area (Å²) in [4.78, 5) is 37.7. The highest BCUT2D eigenvalue weighted by atomic mass is 32.1. The summed E-state index contributed by atoms with van der Waals surface area (Å²) in [7, 11) is 0. The molecule has 3 N–H and O–H groups in total. The van der Waals surface area contributed by atoms with E-state index >= 15 is 0 Å². The molecule has 2 aromatic heterocycles. The number of esters is 1. The van der Waals surface area contributed by atoms with Gasteiger partial charge in [-0.15, -0.1) is 11.3 Å². The highest BCUT2D eigenvalue weighted by molar-refractivity contribution is 7.17. The lowest BCUT2D eigenvalue weighted by Crippen LogP contribution is -2.22. The van der Waals surface area contributed by atoms with Gasteiger partial charge in [0.05, 0.1) is 11.1 Å². The largest absolute Gasteiger partial charge is 0.452 e. The number of hydrogen-bond donors (Lipinski definition) is 2. The first-order chi connectivity index (χ1) is 14.4. The lowest BCUT2D eigenvalue weighted by molar-refractivity contribution is -0.119. The van der Waals surface area contributed by atoms with Gasteiger partial charge in [0.1, 0.15) is 5.00 Å². The number of rotatable bonds is 6. The molecule has 4 rings (SSSR count). The average molecular weight is 423 g/mol. The smallest absolute Gasteiger partial charge is 0.338 e. The molecule has 0 spiro atoms. The summed E-state index contributed by atoms with van der Waals surface area (Å²) in [6.45, 7) is 1.50. The van der Waals surface area contributed by atoms with E-state index in [1.54, 1.807) is 12.1 Å². The predicted octanol–water partition coefficient (Wildman–Crippen LogP) is 3.23. The molecule has 1 aliphatic rings. The lowest BCUT2D eigenvalue weighted by Gasteiger charge is -2.10. The van der Waals surface area contributed by atoms with E-state index in [0.717, 1.165) is 41.0 Å². The van der Waals surface area contributed by atoms with E-state index < -0.39 is 24.4 Å². The molecule has 30 heavy (non-hydrogen) atoms. The number of amides is 2. The maximum absolute atomic E-state index is 12.4. The third kappa shape index (κ3) is 3.86. The van der Waals surface area contributed by atoms with E-state index in [1.165, 1.54) is 11.3 Å². The van der Waals surface area contributed by atoms with Gasteiger partial charge in [-0.3, -0.25) is 9.59 Å². The number of anilines is 1. The number of fused-ring (bicyclic) bond motifs is 1. The molecule has 0 bridgehead atoms. The molecule has 0 saturated carbocycles. The van der Waals surface area contributed by atoms with E-state index in [4.69, 9.17) is 10.5 Å². The van der Waals surface area contributed by atoms with Crippen LogP contribution < -0.4 is 11.1 Å². The van der Waals surface area contributed by atoms with Crippen molar-refractivity contribution in [1.82, 2.24) is 4.57 Å². The number of primary amides is 1. The highest BCUT2D eigenvalue weighted by Gasteiger charge is 2.26. The number of nitrogens with two attached hydrogens (primary N) is 1. The fourth-order valence-corrected chi connectivity index (χ4v) is 4.95. The van der Waals surface area contributed by atoms with Crippen LogP contribution in [0.3, 0.4) is 0 Å². The van der Waals surface area contributed by atoms with Gasteiger partial charge in [-0.1, -0.05) is 6.07 Å². The number of nitrogens with zero attached hydrogens (tertiary/aromatic N) is 1. The first-order valence-corrected chi connectivity index (χ1v) is 10.4. The Morgan fingerprint density at radius 1 is 1.20 bits per heavy atom. The third-order valence-electron chi connectivity index (χ3n) is 5.08. The van der Waals surface area contributed by atoms with Crippen LogP contribution in [0.25, 0.3) is 5.69 Å². The van der Waals surface area contributed by atoms with Crippen molar-refractivity contribution in [2.45, 2.75) is 26.2 Å². The van der Waals surface area contributed by atoms with Gasteiger partial charge in [-0.25, -0.2) is 4.79 Å². The van der Waals surface area contributed by atoms with Crippen LogP contribution in [0.1, 0.15) is 43.1 Å². The van der Waals surface area contributed by atoms with E-state index in [2.05, 4.69) is 5.32 Å². The Morgan fingerprint density at radius 2 is 1.97 bits per heavy atom. The van der Waals surface area contributed by atoms with Gasteiger partial charge in [-0.05, 0) is 61.6 Å². The summed E-state index contributed by atoms with van der Waals surface area (Å²) in [5.41, 5.74) is 9.02. The summed E-state index contributed by atoms with van der Waals surface area (Å²) in [6.07, 6.45) is 6.42. The van der Waals surface area contributed by atoms with Crippen molar-refractivity contribution in [3.8, 4) is 5.69 Å². The van der Waals surface area contributed by atoms with E-state index in [9.17, 15) is 14.4 Å². The minimum absolute atomic E-state index is 0.352. The van der Waals surface area contributed by atoms with Gasteiger partial charge in [-0.2, -0.15) is 0 Å². The van der Waals surface area contributed by atoms with Crippen LogP contribution in [0.5, 0.6) is 0 Å². The Balaban J connectivity index is 1.42. The molecule has 0 radical (unpaired) electrons. The average Bonchev–Trinajstić information content (AvgIpc) is 3.43. The Hall–Kier alpha value is -3.39. The molecule has 8 heteroatoms. The Labute approximate surface area is 177 Å². The number of hydrogen-bond acceptors (Lipinski definition) is 5. The first-order valence-electron chi connectivity index (χ1n) is 9.59. The van der Waals surface area contributed by atoms with Crippen molar-refractivity contribution in [3.63, 3.8) is 0 Å². The second-order valence-electron chi connectivity index (χ2n) is 7.14. The number of carbonyl (C=O) groups is 3. The Bertz CT molecular complexity index is 1130. The monoisotopic (exact) mass is 423 g/mol. The van der Waals surface area contributed by atoms with Gasteiger partial charge < -0.3 is 20.4 Å². The van der Waals surface area contributed by atoms with E-state index in [0.29, 0.717) is 16.1 Å². The predicted molar refractivity (Wildman–Crippen MR) is 114 cm³/mol. The number of ether oxygens (including phenoxy) is 1. The van der Waals surface area contributed by atoms with Crippen LogP contribution in [0.15, 0.2) is 42.7 Å². The molecule has 0 unspecified atom stereocenters. The van der Waals surface area contributed by atoms with Gasteiger partial charge in [0.2, 0.25) is 0 Å². The number of carbonyl (C=O) groups excluding carboxylic acids is 3. The zero-order valence-corrected chi connectivity index (χ0v) is 17.3. The van der Waals surface area contributed by atoms with Gasteiger partial charge in [0.25, 0.3) is 11.8 Å². The Morgan fingerprint density at radius 3 is 2.70 bits per heavy atom. The topological polar surface area (TPSA) is 103 Å². The van der Waals surface area contributed by atoms with Gasteiger partial charge in [0.15, 0.2) is 6.61 Å². The van der Waals surface area contributed by atoms with Crippen LogP contribution in [0.2, 0.25) is 0 Å². The minimum Gasteiger partial charge on any atom is -0.452 e.